The molecule has 0 N–H and O–H groups in total. The van der Waals surface area contributed by atoms with Crippen LogP contribution in [0.5, 0.6) is 0 Å². The molecule has 4 rings (SSSR count). The van der Waals surface area contributed by atoms with Crippen LogP contribution in [0.3, 0.4) is 0 Å². The minimum atomic E-state index is 0.0510. The molecule has 0 saturated carbocycles. The van der Waals surface area contributed by atoms with Crippen molar-refractivity contribution >= 4 is 0 Å². The van der Waals surface area contributed by atoms with Crippen molar-refractivity contribution in [2.75, 3.05) is 0 Å². The molecule has 0 radical (unpaired) electrons. The van der Waals surface area contributed by atoms with E-state index in [1.54, 1.807) is 0 Å². The second kappa shape index (κ2) is 9.19. The Balaban J connectivity index is 1.89. The number of hydrogen-bond donors (Lipinski definition) is 0. The maximum Gasteiger partial charge on any atom is 0.0743 e. The van der Waals surface area contributed by atoms with E-state index in [2.05, 4.69) is 92.0 Å². The fourth-order valence-corrected chi connectivity index (χ4v) is 3.97. The highest BCUT2D eigenvalue weighted by Gasteiger charge is 2.20. The Morgan fingerprint density at radius 2 is 1.10 bits per heavy atom. The number of benzene rings is 3. The highest BCUT2D eigenvalue weighted by atomic mass is 14.7. The van der Waals surface area contributed by atoms with Gasteiger partial charge in [0.2, 0.25) is 0 Å². The fraction of sp³-hybridized carbons (Fsp3) is 0.0690. The van der Waals surface area contributed by atoms with Crippen LogP contribution in [-0.2, 0) is 0 Å². The van der Waals surface area contributed by atoms with Crippen molar-refractivity contribution in [1.29, 1.82) is 0 Å². The van der Waals surface area contributed by atoms with Crippen LogP contribution in [0.15, 0.2) is 129 Å². The zero-order valence-electron chi connectivity index (χ0n) is 17.0. The smallest absolute Gasteiger partial charge is 0.0743 e. The highest BCUT2D eigenvalue weighted by Crippen LogP contribution is 2.36. The van der Waals surface area contributed by atoms with Gasteiger partial charge in [-0.1, -0.05) is 109 Å². The second-order valence-electron chi connectivity index (χ2n) is 7.32. The van der Waals surface area contributed by atoms with Crippen LogP contribution in [-0.4, -0.2) is 4.98 Å². The van der Waals surface area contributed by atoms with Gasteiger partial charge in [0.05, 0.1) is 5.69 Å². The molecule has 30 heavy (non-hydrogen) atoms. The van der Waals surface area contributed by atoms with Crippen molar-refractivity contribution in [3.63, 3.8) is 0 Å². The van der Waals surface area contributed by atoms with Gasteiger partial charge < -0.3 is 0 Å². The molecule has 0 aliphatic rings. The molecule has 4 aromatic rings. The van der Waals surface area contributed by atoms with Crippen LogP contribution >= 0.6 is 0 Å². The van der Waals surface area contributed by atoms with Gasteiger partial charge in [-0.15, -0.1) is 13.2 Å². The number of aromatic nitrogens is 1. The first-order valence-corrected chi connectivity index (χ1v) is 10.2. The minimum Gasteiger partial charge on any atom is -0.256 e. The summed E-state index contributed by atoms with van der Waals surface area (Å²) in [6.45, 7) is 8.25. The Bertz CT molecular complexity index is 1110. The number of pyridine rings is 1. The molecule has 0 unspecified atom stereocenters. The molecule has 0 amide bonds. The molecule has 0 fully saturated rings. The summed E-state index contributed by atoms with van der Waals surface area (Å²) in [4.78, 5) is 4.94. The SMILES string of the molecule is C=C[C@H](c1ccccc1)c1cnc(-c2ccccc2)c([C@H](C=C)c2ccccc2)c1. The van der Waals surface area contributed by atoms with Crippen LogP contribution in [0.4, 0.5) is 0 Å². The number of hydrogen-bond acceptors (Lipinski definition) is 1. The summed E-state index contributed by atoms with van der Waals surface area (Å²) in [6, 6.07) is 33.6. The highest BCUT2D eigenvalue weighted by molar-refractivity contribution is 5.66. The van der Waals surface area contributed by atoms with Crippen molar-refractivity contribution in [1.82, 2.24) is 4.98 Å². The lowest BCUT2D eigenvalue weighted by atomic mass is 9.85. The summed E-state index contributed by atoms with van der Waals surface area (Å²) < 4.78 is 0. The third kappa shape index (κ3) is 4.01. The van der Waals surface area contributed by atoms with Crippen molar-refractivity contribution in [2.45, 2.75) is 11.8 Å². The topological polar surface area (TPSA) is 12.9 Å². The molecule has 1 heterocycles. The van der Waals surface area contributed by atoms with Crippen molar-refractivity contribution in [3.8, 4) is 11.3 Å². The average Bonchev–Trinajstić information content (AvgIpc) is 2.82. The Labute approximate surface area is 179 Å². The van der Waals surface area contributed by atoms with Crippen molar-refractivity contribution in [2.24, 2.45) is 0 Å². The Hall–Kier alpha value is -3.71. The first kappa shape index (κ1) is 19.6. The fourth-order valence-electron chi connectivity index (χ4n) is 3.97. The summed E-state index contributed by atoms with van der Waals surface area (Å²) in [5, 5.41) is 0. The molecular weight excluding hydrogens is 362 g/mol. The Morgan fingerprint density at radius 3 is 1.63 bits per heavy atom. The van der Waals surface area contributed by atoms with Crippen LogP contribution in [0.25, 0.3) is 11.3 Å². The van der Waals surface area contributed by atoms with Gasteiger partial charge in [-0.2, -0.15) is 0 Å². The van der Waals surface area contributed by atoms with E-state index >= 15 is 0 Å². The summed E-state index contributed by atoms with van der Waals surface area (Å²) in [5.41, 5.74) is 6.80. The van der Waals surface area contributed by atoms with E-state index in [1.165, 1.54) is 11.1 Å². The van der Waals surface area contributed by atoms with Gasteiger partial charge in [0.1, 0.15) is 0 Å². The predicted molar refractivity (Wildman–Crippen MR) is 127 cm³/mol. The van der Waals surface area contributed by atoms with Gasteiger partial charge >= 0.3 is 0 Å². The monoisotopic (exact) mass is 387 g/mol. The second-order valence-corrected chi connectivity index (χ2v) is 7.32. The first-order valence-electron chi connectivity index (χ1n) is 10.2. The summed E-state index contributed by atoms with van der Waals surface area (Å²) >= 11 is 0. The third-order valence-electron chi connectivity index (χ3n) is 5.47. The Morgan fingerprint density at radius 1 is 0.600 bits per heavy atom. The lowest BCUT2D eigenvalue weighted by molar-refractivity contribution is 0.963. The van der Waals surface area contributed by atoms with E-state index in [-0.39, 0.29) is 11.8 Å². The van der Waals surface area contributed by atoms with Crippen LogP contribution < -0.4 is 0 Å². The molecule has 0 spiro atoms. The van der Waals surface area contributed by atoms with Crippen molar-refractivity contribution < 1.29 is 0 Å². The largest absolute Gasteiger partial charge is 0.256 e. The van der Waals surface area contributed by atoms with Gasteiger partial charge in [-0.3, -0.25) is 4.98 Å². The number of nitrogens with zero attached hydrogens (tertiary/aromatic N) is 1. The molecule has 2 atom stereocenters. The van der Waals surface area contributed by atoms with Gasteiger partial charge in [0.15, 0.2) is 0 Å². The van der Waals surface area contributed by atoms with Gasteiger partial charge in [0.25, 0.3) is 0 Å². The average molecular weight is 388 g/mol. The van der Waals surface area contributed by atoms with Gasteiger partial charge in [-0.25, -0.2) is 0 Å². The molecule has 0 aliphatic heterocycles. The molecule has 0 bridgehead atoms. The maximum absolute atomic E-state index is 4.94. The third-order valence-corrected chi connectivity index (χ3v) is 5.47. The molecule has 1 aromatic heterocycles. The molecule has 146 valence electrons. The van der Waals surface area contributed by atoms with E-state index in [0.717, 1.165) is 22.4 Å². The lowest BCUT2D eigenvalue weighted by Crippen LogP contribution is -2.06. The maximum atomic E-state index is 4.94. The molecule has 1 nitrogen and oxygen atoms in total. The Kier molecular flexibility index (Phi) is 6.01. The first-order chi connectivity index (χ1) is 14.8. The number of allylic oxidation sites excluding steroid dienone is 2. The molecule has 1 heteroatoms. The van der Waals surface area contributed by atoms with Gasteiger partial charge in [0, 0.05) is 23.6 Å². The van der Waals surface area contributed by atoms with E-state index in [4.69, 9.17) is 4.98 Å². The zero-order valence-corrected chi connectivity index (χ0v) is 17.0. The number of rotatable bonds is 7. The van der Waals surface area contributed by atoms with Crippen molar-refractivity contribution in [3.05, 3.63) is 151 Å². The molecule has 0 aliphatic carbocycles. The summed E-state index contributed by atoms with van der Waals surface area (Å²) in [6.07, 6.45) is 5.98. The normalized spacial score (nSPS) is 12.7. The standard InChI is InChI=1S/C29H25N/c1-3-26(22-14-8-5-9-15-22)25-20-28(27(4-2)23-16-10-6-11-17-23)29(30-21-25)24-18-12-7-13-19-24/h3-21,26-27H,1-2H2/t26-,27-/m1/s1. The minimum absolute atomic E-state index is 0.0510. The predicted octanol–water partition coefficient (Wildman–Crippen LogP) is 7.38. The zero-order chi connectivity index (χ0) is 20.8. The van der Waals surface area contributed by atoms with Crippen LogP contribution in [0, 0.1) is 0 Å². The molecule has 3 aromatic carbocycles. The quantitative estimate of drug-likeness (QED) is 0.301. The van der Waals surface area contributed by atoms with E-state index in [0.29, 0.717) is 0 Å². The summed E-state index contributed by atoms with van der Waals surface area (Å²) in [5.74, 6) is 0.138. The van der Waals surface area contributed by atoms with E-state index in [1.807, 2.05) is 36.5 Å². The van der Waals surface area contributed by atoms with Crippen LogP contribution in [0.2, 0.25) is 0 Å². The van der Waals surface area contributed by atoms with Crippen LogP contribution in [0.1, 0.15) is 34.1 Å². The van der Waals surface area contributed by atoms with E-state index < -0.39 is 0 Å². The van der Waals surface area contributed by atoms with Gasteiger partial charge in [-0.05, 0) is 22.3 Å². The molecular formula is C29H25N. The summed E-state index contributed by atoms with van der Waals surface area (Å²) in [7, 11) is 0. The van der Waals surface area contributed by atoms with E-state index in [9.17, 15) is 0 Å². The lowest BCUT2D eigenvalue weighted by Gasteiger charge is -2.21. The molecule has 0 saturated heterocycles.